The highest BCUT2D eigenvalue weighted by atomic mass is 79.9. The molecule has 0 fully saturated rings. The van der Waals surface area contributed by atoms with Gasteiger partial charge in [-0.25, -0.2) is 0 Å². The number of halogens is 4. The standard InChI is InChI=1S/C14H6Br2Cl2N2O2/c15-9-5-8(22-13(9)16)4-7(6-19)14(21)20-11-3-1-2-10(17)12(11)18/h1-5H,(H,20,21)/b7-4-. The van der Waals surface area contributed by atoms with E-state index in [9.17, 15) is 4.79 Å². The van der Waals surface area contributed by atoms with E-state index < -0.39 is 5.91 Å². The smallest absolute Gasteiger partial charge is 0.266 e. The minimum Gasteiger partial charge on any atom is -0.449 e. The number of furan rings is 1. The SMILES string of the molecule is N#C/C(=C/c1cc(Br)c(Br)o1)C(=O)Nc1cccc(Cl)c1Cl. The van der Waals surface area contributed by atoms with Gasteiger partial charge < -0.3 is 9.73 Å². The molecular weight excluding hydrogens is 459 g/mol. The zero-order valence-corrected chi connectivity index (χ0v) is 15.3. The molecular formula is C14H6Br2Cl2N2O2. The van der Waals surface area contributed by atoms with Crippen molar-refractivity contribution in [1.82, 2.24) is 0 Å². The Morgan fingerprint density at radius 2 is 2.09 bits per heavy atom. The van der Waals surface area contributed by atoms with Crippen molar-refractivity contribution in [2.24, 2.45) is 0 Å². The number of hydrogen-bond acceptors (Lipinski definition) is 3. The van der Waals surface area contributed by atoms with Gasteiger partial charge in [0.25, 0.3) is 5.91 Å². The molecule has 22 heavy (non-hydrogen) atoms. The highest BCUT2D eigenvalue weighted by Gasteiger charge is 2.14. The van der Waals surface area contributed by atoms with Gasteiger partial charge in [0.2, 0.25) is 0 Å². The maximum absolute atomic E-state index is 12.1. The van der Waals surface area contributed by atoms with E-state index in [0.29, 0.717) is 25.6 Å². The van der Waals surface area contributed by atoms with Crippen molar-refractivity contribution in [2.45, 2.75) is 0 Å². The second kappa shape index (κ2) is 7.34. The number of carbonyl (C=O) groups excluding carboxylic acids is 1. The Hall–Kier alpha value is -1.26. The van der Waals surface area contributed by atoms with Crippen LogP contribution in [0.3, 0.4) is 0 Å². The van der Waals surface area contributed by atoms with Gasteiger partial charge in [-0.05, 0) is 50.1 Å². The normalized spacial score (nSPS) is 11.1. The van der Waals surface area contributed by atoms with Gasteiger partial charge >= 0.3 is 0 Å². The third-order valence-electron chi connectivity index (χ3n) is 2.52. The number of anilines is 1. The predicted molar refractivity (Wildman–Crippen MR) is 92.8 cm³/mol. The van der Waals surface area contributed by atoms with Crippen molar-refractivity contribution in [2.75, 3.05) is 5.32 Å². The Bertz CT molecular complexity index is 790. The fourth-order valence-corrected chi connectivity index (χ4v) is 2.47. The fourth-order valence-electron chi connectivity index (χ4n) is 1.52. The van der Waals surface area contributed by atoms with E-state index in [1.54, 1.807) is 24.3 Å². The third-order valence-corrected chi connectivity index (χ3v) is 5.04. The van der Waals surface area contributed by atoms with E-state index in [2.05, 4.69) is 37.2 Å². The molecule has 0 bridgehead atoms. The summed E-state index contributed by atoms with van der Waals surface area (Å²) in [7, 11) is 0. The van der Waals surface area contributed by atoms with Gasteiger partial charge in [0.1, 0.15) is 17.4 Å². The number of nitriles is 1. The van der Waals surface area contributed by atoms with Crippen molar-refractivity contribution in [3.63, 3.8) is 0 Å². The highest BCUT2D eigenvalue weighted by Crippen LogP contribution is 2.30. The Morgan fingerprint density at radius 1 is 1.36 bits per heavy atom. The van der Waals surface area contributed by atoms with Gasteiger partial charge in [0.05, 0.1) is 20.2 Å². The first-order valence-corrected chi connectivity index (χ1v) is 8.08. The average molecular weight is 465 g/mol. The molecule has 8 heteroatoms. The van der Waals surface area contributed by atoms with Crippen LogP contribution in [0.15, 0.2) is 43.4 Å². The van der Waals surface area contributed by atoms with Crippen molar-refractivity contribution < 1.29 is 9.21 Å². The first-order valence-electron chi connectivity index (χ1n) is 5.74. The van der Waals surface area contributed by atoms with E-state index >= 15 is 0 Å². The van der Waals surface area contributed by atoms with Crippen LogP contribution in [-0.2, 0) is 4.79 Å². The van der Waals surface area contributed by atoms with Crippen molar-refractivity contribution >= 4 is 72.7 Å². The largest absolute Gasteiger partial charge is 0.449 e. The summed E-state index contributed by atoms with van der Waals surface area (Å²) in [4.78, 5) is 12.1. The number of nitrogens with one attached hydrogen (secondary N) is 1. The lowest BCUT2D eigenvalue weighted by atomic mass is 10.2. The summed E-state index contributed by atoms with van der Waals surface area (Å²) < 4.78 is 6.45. The van der Waals surface area contributed by atoms with Crippen LogP contribution in [0.1, 0.15) is 5.76 Å². The van der Waals surface area contributed by atoms with E-state index in [0.717, 1.165) is 0 Å². The summed E-state index contributed by atoms with van der Waals surface area (Å²) in [5, 5.41) is 12.2. The molecule has 4 nitrogen and oxygen atoms in total. The van der Waals surface area contributed by atoms with Crippen molar-refractivity contribution in [3.05, 3.63) is 54.8 Å². The zero-order valence-electron chi connectivity index (χ0n) is 10.7. The Morgan fingerprint density at radius 3 is 2.68 bits per heavy atom. The van der Waals surface area contributed by atoms with Gasteiger partial charge in [-0.3, -0.25) is 4.79 Å². The number of benzene rings is 1. The van der Waals surface area contributed by atoms with Crippen LogP contribution in [-0.4, -0.2) is 5.91 Å². The molecule has 1 heterocycles. The molecule has 0 aliphatic rings. The molecule has 1 aromatic heterocycles. The maximum atomic E-state index is 12.1. The first-order chi connectivity index (χ1) is 10.4. The topological polar surface area (TPSA) is 66.0 Å². The summed E-state index contributed by atoms with van der Waals surface area (Å²) in [5.41, 5.74) is 0.187. The van der Waals surface area contributed by atoms with Gasteiger partial charge in [-0.2, -0.15) is 5.26 Å². The van der Waals surface area contributed by atoms with E-state index in [1.807, 2.05) is 6.07 Å². The second-order valence-corrected chi connectivity index (χ2v) is 6.36. The molecule has 0 unspecified atom stereocenters. The lowest BCUT2D eigenvalue weighted by Gasteiger charge is -2.07. The van der Waals surface area contributed by atoms with Gasteiger partial charge in [0, 0.05) is 6.08 Å². The molecule has 112 valence electrons. The lowest BCUT2D eigenvalue weighted by Crippen LogP contribution is -2.13. The van der Waals surface area contributed by atoms with Gasteiger partial charge in [-0.1, -0.05) is 29.3 Å². The summed E-state index contributed by atoms with van der Waals surface area (Å²) in [6.45, 7) is 0. The number of nitrogens with zero attached hydrogens (tertiary/aromatic N) is 1. The zero-order chi connectivity index (χ0) is 16.3. The van der Waals surface area contributed by atoms with Gasteiger partial charge in [-0.15, -0.1) is 0 Å². The molecule has 0 radical (unpaired) electrons. The van der Waals surface area contributed by atoms with E-state index in [4.69, 9.17) is 32.9 Å². The fraction of sp³-hybridized carbons (Fsp3) is 0. The summed E-state index contributed by atoms with van der Waals surface area (Å²) in [6, 6.07) is 8.26. The quantitative estimate of drug-likeness (QED) is 0.471. The number of carbonyl (C=O) groups is 1. The molecule has 0 aliphatic carbocycles. The molecule has 1 aromatic carbocycles. The molecule has 2 aromatic rings. The molecule has 2 rings (SSSR count). The van der Waals surface area contributed by atoms with Crippen LogP contribution in [0.4, 0.5) is 5.69 Å². The summed E-state index contributed by atoms with van der Waals surface area (Å²) in [6.07, 6.45) is 1.32. The molecule has 1 N–H and O–H groups in total. The molecule has 1 amide bonds. The summed E-state index contributed by atoms with van der Waals surface area (Å²) in [5.74, 6) is -0.266. The number of amides is 1. The Labute approximate surface area is 152 Å². The van der Waals surface area contributed by atoms with Crippen LogP contribution in [0.25, 0.3) is 6.08 Å². The van der Waals surface area contributed by atoms with E-state index in [-0.39, 0.29) is 10.6 Å². The average Bonchev–Trinajstić information content (AvgIpc) is 2.79. The Kier molecular flexibility index (Phi) is 5.70. The molecule has 0 spiro atoms. The monoisotopic (exact) mass is 462 g/mol. The minimum absolute atomic E-state index is 0.134. The van der Waals surface area contributed by atoms with Crippen LogP contribution < -0.4 is 5.32 Å². The van der Waals surface area contributed by atoms with Crippen molar-refractivity contribution in [3.8, 4) is 6.07 Å². The first kappa shape index (κ1) is 17.1. The number of rotatable bonds is 3. The molecule has 0 aliphatic heterocycles. The molecule has 0 atom stereocenters. The third kappa shape index (κ3) is 3.93. The molecule has 0 saturated heterocycles. The van der Waals surface area contributed by atoms with Crippen molar-refractivity contribution in [1.29, 1.82) is 5.26 Å². The lowest BCUT2D eigenvalue weighted by molar-refractivity contribution is -0.112. The van der Waals surface area contributed by atoms with Gasteiger partial charge in [0.15, 0.2) is 4.67 Å². The molecule has 0 saturated carbocycles. The van der Waals surface area contributed by atoms with Crippen LogP contribution in [0.2, 0.25) is 10.0 Å². The van der Waals surface area contributed by atoms with E-state index in [1.165, 1.54) is 6.08 Å². The van der Waals surface area contributed by atoms with Crippen LogP contribution in [0, 0.1) is 11.3 Å². The highest BCUT2D eigenvalue weighted by molar-refractivity contribution is 9.13. The maximum Gasteiger partial charge on any atom is 0.266 e. The van der Waals surface area contributed by atoms with Crippen LogP contribution in [0.5, 0.6) is 0 Å². The Balaban J connectivity index is 2.26. The second-order valence-electron chi connectivity index (χ2n) is 4.00. The minimum atomic E-state index is -0.615. The summed E-state index contributed by atoms with van der Waals surface area (Å²) >= 11 is 18.3. The van der Waals surface area contributed by atoms with Crippen LogP contribution >= 0.6 is 55.1 Å². The predicted octanol–water partition coefficient (Wildman–Crippen LogP) is 5.66. The number of hydrogen-bond donors (Lipinski definition) is 1.